The first kappa shape index (κ1) is 16.2. The van der Waals surface area contributed by atoms with Crippen LogP contribution in [0.2, 0.25) is 0 Å². The third kappa shape index (κ3) is 3.53. The molecule has 0 saturated heterocycles. The molecule has 0 unspecified atom stereocenters. The van der Waals surface area contributed by atoms with Gasteiger partial charge in [-0.25, -0.2) is 0 Å². The monoisotopic (exact) mass is 331 g/mol. The number of carbonyl (C=O) groups is 1. The number of ether oxygens (including phenoxy) is 1. The molecule has 2 rings (SSSR count). The molecule has 1 amide bonds. The zero-order valence-electron chi connectivity index (χ0n) is 11.3. The van der Waals surface area contributed by atoms with Crippen LogP contribution in [-0.4, -0.2) is 33.1 Å². The minimum Gasteiger partial charge on any atom is -0.496 e. The number of anilines is 1. The number of rotatable bonds is 4. The number of hydrogen-bond donors (Lipinski definition) is 2. The maximum absolute atomic E-state index is 12.4. The third-order valence-electron chi connectivity index (χ3n) is 2.62. The van der Waals surface area contributed by atoms with Crippen LogP contribution in [-0.2, 0) is 6.18 Å². The highest BCUT2D eigenvalue weighted by Crippen LogP contribution is 2.27. The van der Waals surface area contributed by atoms with Crippen molar-refractivity contribution in [3.8, 4) is 5.75 Å². The number of non-ortho nitro benzene ring substituents is 1. The van der Waals surface area contributed by atoms with Crippen LogP contribution in [0.15, 0.2) is 18.2 Å². The molecule has 9 nitrogen and oxygen atoms in total. The summed E-state index contributed by atoms with van der Waals surface area (Å²) >= 11 is 0. The van der Waals surface area contributed by atoms with E-state index < -0.39 is 28.8 Å². The molecule has 0 aliphatic carbocycles. The number of methoxy groups -OCH3 is 1. The number of nitro groups is 1. The Morgan fingerprint density at radius 3 is 2.65 bits per heavy atom. The Kier molecular flexibility index (Phi) is 4.16. The van der Waals surface area contributed by atoms with Gasteiger partial charge in [0, 0.05) is 12.1 Å². The SMILES string of the molecule is COc1ccc([N+](=O)[O-])cc1C(=O)Nc1n[nH]c(C(F)(F)F)n1. The zero-order chi connectivity index (χ0) is 17.2. The lowest BCUT2D eigenvalue weighted by Crippen LogP contribution is -2.15. The standard InChI is InChI=1S/C11H8F3N5O4/c1-23-7-3-2-5(19(21)22)4-6(7)8(20)15-10-16-9(17-18-10)11(12,13)14/h2-4H,1H3,(H2,15,16,17,18,20). The van der Waals surface area contributed by atoms with E-state index in [0.717, 1.165) is 12.1 Å². The molecule has 0 radical (unpaired) electrons. The summed E-state index contributed by atoms with van der Waals surface area (Å²) in [5.74, 6) is -2.98. The molecule has 122 valence electrons. The van der Waals surface area contributed by atoms with Crippen molar-refractivity contribution in [1.82, 2.24) is 15.2 Å². The minimum atomic E-state index is -4.75. The summed E-state index contributed by atoms with van der Waals surface area (Å²) in [7, 11) is 1.23. The number of nitro benzene ring substituents is 1. The van der Waals surface area contributed by atoms with Crippen LogP contribution in [0.1, 0.15) is 16.2 Å². The molecule has 23 heavy (non-hydrogen) atoms. The molecule has 0 saturated carbocycles. The number of amides is 1. The Bertz CT molecular complexity index is 758. The molecule has 12 heteroatoms. The summed E-state index contributed by atoms with van der Waals surface area (Å²) in [5.41, 5.74) is -0.637. The Hall–Kier alpha value is -3.18. The average Bonchev–Trinajstić information content (AvgIpc) is 2.95. The highest BCUT2D eigenvalue weighted by Gasteiger charge is 2.35. The van der Waals surface area contributed by atoms with Crippen LogP contribution in [0.3, 0.4) is 0 Å². The molecule has 0 aliphatic rings. The molecule has 0 fully saturated rings. The highest BCUT2D eigenvalue weighted by atomic mass is 19.4. The normalized spacial score (nSPS) is 11.1. The molecule has 1 aromatic carbocycles. The van der Waals surface area contributed by atoms with Gasteiger partial charge in [-0.15, -0.1) is 5.10 Å². The number of nitrogens with one attached hydrogen (secondary N) is 2. The van der Waals surface area contributed by atoms with Gasteiger partial charge in [-0.05, 0) is 6.07 Å². The van der Waals surface area contributed by atoms with Crippen LogP contribution in [0, 0.1) is 10.1 Å². The number of H-pyrrole nitrogens is 1. The number of halogens is 3. The van der Waals surface area contributed by atoms with E-state index >= 15 is 0 Å². The zero-order valence-corrected chi connectivity index (χ0v) is 11.3. The first-order valence-corrected chi connectivity index (χ1v) is 5.85. The molecule has 1 heterocycles. The Morgan fingerprint density at radius 2 is 2.13 bits per heavy atom. The van der Waals surface area contributed by atoms with E-state index in [1.54, 1.807) is 5.10 Å². The molecule has 2 aromatic rings. The quantitative estimate of drug-likeness (QED) is 0.652. The fourth-order valence-corrected chi connectivity index (χ4v) is 1.60. The van der Waals surface area contributed by atoms with Gasteiger partial charge in [0.05, 0.1) is 17.6 Å². The minimum absolute atomic E-state index is 0.000296. The second kappa shape index (κ2) is 5.90. The lowest BCUT2D eigenvalue weighted by Gasteiger charge is -2.07. The Labute approximate surface area is 125 Å². The molecular formula is C11H8F3N5O4. The van der Waals surface area contributed by atoms with Gasteiger partial charge in [0.1, 0.15) is 5.75 Å². The number of aromatic nitrogens is 3. The lowest BCUT2D eigenvalue weighted by molar-refractivity contribution is -0.384. The summed E-state index contributed by atoms with van der Waals surface area (Å²) < 4.78 is 42.0. The maximum Gasteiger partial charge on any atom is 0.451 e. The van der Waals surface area contributed by atoms with Crippen LogP contribution in [0.5, 0.6) is 5.75 Å². The molecule has 0 bridgehead atoms. The van der Waals surface area contributed by atoms with Crippen LogP contribution in [0.25, 0.3) is 0 Å². The van der Waals surface area contributed by atoms with Crippen LogP contribution < -0.4 is 10.1 Å². The van der Waals surface area contributed by atoms with E-state index in [4.69, 9.17) is 4.74 Å². The summed E-state index contributed by atoms with van der Waals surface area (Å²) in [6, 6.07) is 3.22. The molecule has 0 spiro atoms. The summed E-state index contributed by atoms with van der Waals surface area (Å²) in [5, 5.41) is 17.5. The maximum atomic E-state index is 12.4. The number of aromatic amines is 1. The predicted octanol–water partition coefficient (Wildman–Crippen LogP) is 1.99. The Balaban J connectivity index is 2.28. The van der Waals surface area contributed by atoms with Crippen LogP contribution in [0.4, 0.5) is 24.8 Å². The fourth-order valence-electron chi connectivity index (χ4n) is 1.60. The van der Waals surface area contributed by atoms with Gasteiger partial charge in [0.15, 0.2) is 0 Å². The van der Waals surface area contributed by atoms with Crippen molar-refractivity contribution in [3.05, 3.63) is 39.7 Å². The number of nitrogens with zero attached hydrogens (tertiary/aromatic N) is 3. The van der Waals surface area contributed by atoms with Crippen molar-refractivity contribution in [2.75, 3.05) is 12.4 Å². The topological polar surface area (TPSA) is 123 Å². The van der Waals surface area contributed by atoms with Crippen molar-refractivity contribution >= 4 is 17.5 Å². The molecule has 0 atom stereocenters. The number of hydrogen-bond acceptors (Lipinski definition) is 6. The summed E-state index contributed by atoms with van der Waals surface area (Å²) in [4.78, 5) is 25.1. The van der Waals surface area contributed by atoms with E-state index in [1.807, 2.05) is 5.32 Å². The van der Waals surface area contributed by atoms with Crippen molar-refractivity contribution in [2.45, 2.75) is 6.18 Å². The van der Waals surface area contributed by atoms with E-state index in [1.165, 1.54) is 13.2 Å². The fraction of sp³-hybridized carbons (Fsp3) is 0.182. The smallest absolute Gasteiger partial charge is 0.451 e. The number of benzene rings is 1. The largest absolute Gasteiger partial charge is 0.496 e. The Morgan fingerprint density at radius 1 is 1.43 bits per heavy atom. The summed E-state index contributed by atoms with van der Waals surface area (Å²) in [6.07, 6.45) is -4.75. The number of carbonyl (C=O) groups excluding carboxylic acids is 1. The van der Waals surface area contributed by atoms with E-state index in [2.05, 4.69) is 10.1 Å². The predicted molar refractivity (Wildman–Crippen MR) is 69.0 cm³/mol. The molecule has 2 N–H and O–H groups in total. The van der Waals surface area contributed by atoms with E-state index in [0.29, 0.717) is 0 Å². The average molecular weight is 331 g/mol. The van der Waals surface area contributed by atoms with Crippen molar-refractivity contribution in [3.63, 3.8) is 0 Å². The van der Waals surface area contributed by atoms with Gasteiger partial charge in [0.2, 0.25) is 11.8 Å². The lowest BCUT2D eigenvalue weighted by atomic mass is 10.1. The van der Waals surface area contributed by atoms with E-state index in [9.17, 15) is 28.1 Å². The second-order valence-corrected chi connectivity index (χ2v) is 4.10. The summed E-state index contributed by atoms with van der Waals surface area (Å²) in [6.45, 7) is 0. The van der Waals surface area contributed by atoms with Gasteiger partial charge in [-0.2, -0.15) is 18.2 Å². The van der Waals surface area contributed by atoms with Gasteiger partial charge in [-0.3, -0.25) is 25.3 Å². The third-order valence-corrected chi connectivity index (χ3v) is 2.62. The molecule has 0 aliphatic heterocycles. The van der Waals surface area contributed by atoms with E-state index in [-0.39, 0.29) is 17.0 Å². The van der Waals surface area contributed by atoms with Crippen molar-refractivity contribution in [2.24, 2.45) is 0 Å². The first-order valence-electron chi connectivity index (χ1n) is 5.85. The highest BCUT2D eigenvalue weighted by molar-refractivity contribution is 6.05. The van der Waals surface area contributed by atoms with Crippen molar-refractivity contribution < 1.29 is 27.6 Å². The van der Waals surface area contributed by atoms with Crippen molar-refractivity contribution in [1.29, 1.82) is 0 Å². The molecular weight excluding hydrogens is 323 g/mol. The molecule has 1 aromatic heterocycles. The van der Waals surface area contributed by atoms with Gasteiger partial charge in [-0.1, -0.05) is 0 Å². The van der Waals surface area contributed by atoms with Crippen LogP contribution >= 0.6 is 0 Å². The van der Waals surface area contributed by atoms with Gasteiger partial charge < -0.3 is 4.74 Å². The second-order valence-electron chi connectivity index (χ2n) is 4.10. The van der Waals surface area contributed by atoms with Gasteiger partial charge >= 0.3 is 6.18 Å². The number of alkyl halides is 3. The first-order chi connectivity index (χ1) is 10.7. The van der Waals surface area contributed by atoms with Gasteiger partial charge in [0.25, 0.3) is 11.6 Å².